The first kappa shape index (κ1) is 22.7. The highest BCUT2D eigenvalue weighted by atomic mass is 28.3. The normalized spacial score (nSPS) is 14.7. The summed E-state index contributed by atoms with van der Waals surface area (Å²) in [5, 5.41) is 13.8. The van der Waals surface area contributed by atoms with Gasteiger partial charge in [0.15, 0.2) is 0 Å². The molecule has 0 saturated heterocycles. The zero-order valence-corrected chi connectivity index (χ0v) is 20.6. The highest BCUT2D eigenvalue weighted by Crippen LogP contribution is 2.32. The van der Waals surface area contributed by atoms with Gasteiger partial charge in [-0.05, 0) is 11.8 Å². The van der Waals surface area contributed by atoms with Crippen LogP contribution < -0.4 is 10.4 Å². The third-order valence-corrected chi connectivity index (χ3v) is 11.3. The van der Waals surface area contributed by atoms with E-state index in [1.807, 2.05) is 0 Å². The summed E-state index contributed by atoms with van der Waals surface area (Å²) in [6.45, 7) is 15.7. The third-order valence-electron chi connectivity index (χ3n) is 5.52. The van der Waals surface area contributed by atoms with Crippen LogP contribution in [-0.4, -0.2) is 27.4 Å². The molecule has 0 spiro atoms. The number of aliphatic hydroxyl groups excluding tert-OH is 1. The second-order valence-corrected chi connectivity index (χ2v) is 19.1. The Morgan fingerprint density at radius 2 is 1.25 bits per heavy atom. The van der Waals surface area contributed by atoms with Gasteiger partial charge in [0.2, 0.25) is 0 Å². The maximum absolute atomic E-state index is 11.0. The van der Waals surface area contributed by atoms with Gasteiger partial charge < -0.3 is 5.11 Å². The van der Waals surface area contributed by atoms with Crippen molar-refractivity contribution in [1.29, 1.82) is 0 Å². The molecular weight excluding hydrogens is 372 g/mol. The highest BCUT2D eigenvalue weighted by Gasteiger charge is 2.41. The second kappa shape index (κ2) is 8.82. The van der Waals surface area contributed by atoms with Crippen LogP contribution >= 0.6 is 0 Å². The first-order valence-electron chi connectivity index (χ1n) is 10.3. The molecule has 2 aromatic rings. The molecule has 0 radical (unpaired) electrons. The van der Waals surface area contributed by atoms with Crippen LogP contribution in [0.1, 0.15) is 27.2 Å². The van der Waals surface area contributed by atoms with Crippen LogP contribution in [0.5, 0.6) is 0 Å². The zero-order chi connectivity index (χ0) is 21.0. The van der Waals surface area contributed by atoms with Crippen molar-refractivity contribution in [3.8, 4) is 11.5 Å². The van der Waals surface area contributed by atoms with Gasteiger partial charge in [-0.25, -0.2) is 0 Å². The van der Waals surface area contributed by atoms with Crippen molar-refractivity contribution in [1.82, 2.24) is 0 Å². The van der Waals surface area contributed by atoms with Crippen LogP contribution in [0, 0.1) is 16.9 Å². The lowest BCUT2D eigenvalue weighted by atomic mass is 9.86. The van der Waals surface area contributed by atoms with Gasteiger partial charge in [0.25, 0.3) is 0 Å². The third kappa shape index (κ3) is 5.70. The summed E-state index contributed by atoms with van der Waals surface area (Å²) in [5.41, 5.74) is 3.65. The Hall–Kier alpha value is -1.61. The van der Waals surface area contributed by atoms with Gasteiger partial charge in [0.1, 0.15) is 16.1 Å². The van der Waals surface area contributed by atoms with Gasteiger partial charge in [-0.3, -0.25) is 0 Å². The molecule has 1 nitrogen and oxygen atoms in total. The average molecular weight is 409 g/mol. The summed E-state index contributed by atoms with van der Waals surface area (Å²) in [7, 11) is -3.70. The van der Waals surface area contributed by atoms with Gasteiger partial charge in [-0.2, -0.15) is 0 Å². The fourth-order valence-electron chi connectivity index (χ4n) is 3.46. The quantitative estimate of drug-likeness (QED) is 0.549. The molecule has 28 heavy (non-hydrogen) atoms. The van der Waals surface area contributed by atoms with Crippen molar-refractivity contribution in [2.24, 2.45) is 5.41 Å². The maximum atomic E-state index is 11.0. The minimum atomic E-state index is -2.18. The molecule has 2 rings (SSSR count). The van der Waals surface area contributed by atoms with E-state index in [4.69, 9.17) is 0 Å². The lowest BCUT2D eigenvalue weighted by Crippen LogP contribution is -2.59. The molecule has 0 aliphatic carbocycles. The van der Waals surface area contributed by atoms with Crippen LogP contribution in [0.3, 0.4) is 0 Å². The Kier molecular flexibility index (Phi) is 7.14. The number of hydrogen-bond acceptors (Lipinski definition) is 1. The summed E-state index contributed by atoms with van der Waals surface area (Å²) >= 11 is 0. The molecular formula is C25H36OSi2. The predicted molar refractivity (Wildman–Crippen MR) is 129 cm³/mol. The van der Waals surface area contributed by atoms with E-state index in [0.717, 1.165) is 0 Å². The molecule has 0 aliphatic heterocycles. The van der Waals surface area contributed by atoms with Gasteiger partial charge in [0.05, 0.1) is 6.10 Å². The van der Waals surface area contributed by atoms with Gasteiger partial charge >= 0.3 is 0 Å². The molecule has 3 heteroatoms. The first-order valence-corrected chi connectivity index (χ1v) is 16.3. The van der Waals surface area contributed by atoms with E-state index in [1.54, 1.807) is 0 Å². The van der Waals surface area contributed by atoms with Gasteiger partial charge in [-0.15, -0.1) is 11.5 Å². The molecule has 1 N–H and O–H groups in total. The molecule has 150 valence electrons. The predicted octanol–water partition coefficient (Wildman–Crippen LogP) is 4.93. The van der Waals surface area contributed by atoms with E-state index in [9.17, 15) is 5.11 Å². The van der Waals surface area contributed by atoms with Crippen molar-refractivity contribution >= 4 is 26.5 Å². The second-order valence-electron chi connectivity index (χ2n) is 10.1. The number of benzene rings is 2. The SMILES string of the molecule is CC(C)(C)[C@@H](O)C[C@H](C#C[Si](C)(C)C)[Si](C)(c1ccccc1)c1ccccc1. The Morgan fingerprint density at radius 3 is 1.61 bits per heavy atom. The minimum absolute atomic E-state index is 0.151. The van der Waals surface area contributed by atoms with E-state index in [1.165, 1.54) is 10.4 Å². The van der Waals surface area contributed by atoms with Gasteiger partial charge in [0, 0.05) is 5.54 Å². The Labute approximate surface area is 174 Å². The lowest BCUT2D eigenvalue weighted by Gasteiger charge is -2.38. The van der Waals surface area contributed by atoms with Crippen molar-refractivity contribution < 1.29 is 5.11 Å². The van der Waals surface area contributed by atoms with Crippen LogP contribution in [-0.2, 0) is 0 Å². The van der Waals surface area contributed by atoms with E-state index >= 15 is 0 Å². The van der Waals surface area contributed by atoms with Crippen LogP contribution in [0.25, 0.3) is 0 Å². The van der Waals surface area contributed by atoms with E-state index < -0.39 is 16.1 Å². The first-order chi connectivity index (χ1) is 12.9. The van der Waals surface area contributed by atoms with E-state index in [-0.39, 0.29) is 17.1 Å². The summed E-state index contributed by atoms with van der Waals surface area (Å²) < 4.78 is 0. The maximum Gasteiger partial charge on any atom is 0.129 e. The van der Waals surface area contributed by atoms with Crippen molar-refractivity contribution in [2.45, 2.75) is 65.0 Å². The largest absolute Gasteiger partial charge is 0.393 e. The standard InChI is InChI=1S/C25H36OSi2/c1-25(2,3)24(26)20-23(18-19-27(4,5)6)28(7,21-14-10-8-11-15-21)22-16-12-9-13-17-22/h8-17,23-24,26H,20H2,1-7H3/t23-,24-/m0/s1. The molecule has 2 aromatic carbocycles. The average Bonchev–Trinajstić information content (AvgIpc) is 2.64. The van der Waals surface area contributed by atoms with E-state index in [2.05, 4.69) is 119 Å². The summed E-state index contributed by atoms with van der Waals surface area (Å²) in [6.07, 6.45) is 0.334. The molecule has 0 unspecified atom stereocenters. The molecule has 0 bridgehead atoms. The number of aliphatic hydroxyl groups is 1. The number of rotatable bonds is 5. The molecule has 0 saturated carbocycles. The van der Waals surface area contributed by atoms with Crippen LogP contribution in [0.15, 0.2) is 60.7 Å². The molecule has 0 heterocycles. The summed E-state index contributed by atoms with van der Waals surface area (Å²) in [4.78, 5) is 0. The van der Waals surface area contributed by atoms with Crippen molar-refractivity contribution in [3.63, 3.8) is 0 Å². The Morgan fingerprint density at radius 1 is 0.821 bits per heavy atom. The molecule has 0 fully saturated rings. The summed E-state index contributed by atoms with van der Waals surface area (Å²) in [5.74, 6) is 3.71. The molecule has 2 atom stereocenters. The monoisotopic (exact) mass is 408 g/mol. The minimum Gasteiger partial charge on any atom is -0.393 e. The highest BCUT2D eigenvalue weighted by molar-refractivity contribution is 7.03. The fraction of sp³-hybridized carbons (Fsp3) is 0.440. The topological polar surface area (TPSA) is 20.2 Å². The summed E-state index contributed by atoms with van der Waals surface area (Å²) in [6, 6.07) is 21.7. The smallest absolute Gasteiger partial charge is 0.129 e. The van der Waals surface area contributed by atoms with Crippen molar-refractivity contribution in [2.75, 3.05) is 0 Å². The zero-order valence-electron chi connectivity index (χ0n) is 18.6. The van der Waals surface area contributed by atoms with Crippen molar-refractivity contribution in [3.05, 3.63) is 60.7 Å². The Balaban J connectivity index is 2.65. The van der Waals surface area contributed by atoms with Crippen LogP contribution in [0.2, 0.25) is 31.7 Å². The lowest BCUT2D eigenvalue weighted by molar-refractivity contribution is 0.0568. The van der Waals surface area contributed by atoms with E-state index in [0.29, 0.717) is 6.42 Å². The number of hydrogen-bond donors (Lipinski definition) is 1. The Bertz CT molecular complexity index is 765. The molecule has 0 aromatic heterocycles. The van der Waals surface area contributed by atoms with Gasteiger partial charge in [-0.1, -0.05) is 118 Å². The molecule has 0 amide bonds. The fourth-order valence-corrected chi connectivity index (χ4v) is 8.17. The molecule has 0 aliphatic rings. The van der Waals surface area contributed by atoms with Crippen LogP contribution in [0.4, 0.5) is 0 Å².